The van der Waals surface area contributed by atoms with Crippen LogP contribution in [0.25, 0.3) is 0 Å². The van der Waals surface area contributed by atoms with Crippen molar-refractivity contribution in [2.75, 3.05) is 6.54 Å². The molecule has 2 aromatic rings. The van der Waals surface area contributed by atoms with Crippen LogP contribution in [0.2, 0.25) is 0 Å². The highest BCUT2D eigenvalue weighted by molar-refractivity contribution is 5.79. The molecule has 3 rings (SSSR count). The summed E-state index contributed by atoms with van der Waals surface area (Å²) in [5, 5.41) is 3.48. The van der Waals surface area contributed by atoms with E-state index in [1.807, 2.05) is 41.3 Å². The fraction of sp³-hybridized carbons (Fsp3) is 0.278. The summed E-state index contributed by atoms with van der Waals surface area (Å²) in [5.41, 5.74) is 2.45. The third kappa shape index (κ3) is 3.70. The molecule has 21 heavy (non-hydrogen) atoms. The largest absolute Gasteiger partial charge is 0.337 e. The summed E-state index contributed by atoms with van der Waals surface area (Å²) in [6.45, 7) is 2.32. The first kappa shape index (κ1) is 13.8. The number of hydrogen-bond donors (Lipinski definition) is 1. The number of likely N-dealkylation sites (tertiary alicyclic amines) is 1. The van der Waals surface area contributed by atoms with Crippen LogP contribution in [-0.2, 0) is 17.9 Å². The van der Waals surface area contributed by atoms with Gasteiger partial charge in [-0.15, -0.1) is 0 Å². The standard InChI is InChI=1S/C18H20N2O/c21-18-11-17(19-12-15-7-3-1-4-8-15)14-20(18)13-16-9-5-2-6-10-16/h1-10,17,19H,11-14H2. The maximum absolute atomic E-state index is 12.1. The van der Waals surface area contributed by atoms with E-state index in [-0.39, 0.29) is 11.9 Å². The van der Waals surface area contributed by atoms with Crippen LogP contribution in [0.4, 0.5) is 0 Å². The van der Waals surface area contributed by atoms with Gasteiger partial charge in [-0.05, 0) is 11.1 Å². The van der Waals surface area contributed by atoms with E-state index in [0.29, 0.717) is 13.0 Å². The molecule has 0 saturated carbocycles. The maximum atomic E-state index is 12.1. The second kappa shape index (κ2) is 6.55. The predicted octanol–water partition coefficient (Wildman–Crippen LogP) is 2.58. The second-order valence-corrected chi connectivity index (χ2v) is 5.53. The fourth-order valence-corrected chi connectivity index (χ4v) is 2.72. The molecule has 1 aliphatic rings. The SMILES string of the molecule is O=C1CC(NCc2ccccc2)CN1Cc1ccccc1. The highest BCUT2D eigenvalue weighted by atomic mass is 16.2. The van der Waals surface area contributed by atoms with Crippen molar-refractivity contribution in [2.24, 2.45) is 0 Å². The third-order valence-corrected chi connectivity index (χ3v) is 3.87. The van der Waals surface area contributed by atoms with Gasteiger partial charge in [0.15, 0.2) is 0 Å². The molecule has 1 aliphatic heterocycles. The van der Waals surface area contributed by atoms with E-state index < -0.39 is 0 Å². The first-order chi connectivity index (χ1) is 10.3. The molecule has 1 heterocycles. The van der Waals surface area contributed by atoms with Gasteiger partial charge < -0.3 is 10.2 Å². The van der Waals surface area contributed by atoms with Crippen LogP contribution in [0.15, 0.2) is 60.7 Å². The van der Waals surface area contributed by atoms with Crippen molar-refractivity contribution in [1.29, 1.82) is 0 Å². The quantitative estimate of drug-likeness (QED) is 0.913. The molecular weight excluding hydrogens is 260 g/mol. The number of nitrogens with one attached hydrogen (secondary N) is 1. The Bertz CT molecular complexity index is 583. The number of amides is 1. The van der Waals surface area contributed by atoms with Crippen molar-refractivity contribution in [1.82, 2.24) is 10.2 Å². The number of hydrogen-bond acceptors (Lipinski definition) is 2. The van der Waals surface area contributed by atoms with Crippen molar-refractivity contribution >= 4 is 5.91 Å². The molecule has 2 aromatic carbocycles. The Morgan fingerprint density at radius 1 is 0.952 bits per heavy atom. The minimum atomic E-state index is 0.240. The van der Waals surface area contributed by atoms with Crippen LogP contribution < -0.4 is 5.32 Å². The molecule has 1 N–H and O–H groups in total. The molecule has 1 fully saturated rings. The van der Waals surface area contributed by atoms with Gasteiger partial charge in [0.2, 0.25) is 5.91 Å². The summed E-state index contributed by atoms with van der Waals surface area (Å²) in [4.78, 5) is 14.0. The van der Waals surface area contributed by atoms with Crippen LogP contribution in [0.3, 0.4) is 0 Å². The molecular formula is C18H20N2O. The van der Waals surface area contributed by atoms with E-state index in [2.05, 4.69) is 29.6 Å². The summed E-state index contributed by atoms with van der Waals surface area (Å²) in [6, 6.07) is 20.7. The third-order valence-electron chi connectivity index (χ3n) is 3.87. The molecule has 1 unspecified atom stereocenters. The molecule has 0 aromatic heterocycles. The van der Waals surface area contributed by atoms with E-state index in [0.717, 1.165) is 13.1 Å². The molecule has 1 atom stereocenters. The highest BCUT2D eigenvalue weighted by Crippen LogP contribution is 2.15. The number of rotatable bonds is 5. The molecule has 3 nitrogen and oxygen atoms in total. The van der Waals surface area contributed by atoms with Crippen molar-refractivity contribution in [3.05, 3.63) is 71.8 Å². The van der Waals surface area contributed by atoms with Crippen molar-refractivity contribution < 1.29 is 4.79 Å². The Morgan fingerprint density at radius 2 is 1.57 bits per heavy atom. The van der Waals surface area contributed by atoms with Gasteiger partial charge in [0.25, 0.3) is 0 Å². The Labute approximate surface area is 125 Å². The van der Waals surface area contributed by atoms with E-state index >= 15 is 0 Å². The summed E-state index contributed by atoms with van der Waals surface area (Å²) in [6.07, 6.45) is 0.597. The van der Waals surface area contributed by atoms with Gasteiger partial charge in [-0.25, -0.2) is 0 Å². The average molecular weight is 280 g/mol. The fourth-order valence-electron chi connectivity index (χ4n) is 2.72. The molecule has 3 heteroatoms. The second-order valence-electron chi connectivity index (χ2n) is 5.53. The van der Waals surface area contributed by atoms with Crippen LogP contribution in [0.1, 0.15) is 17.5 Å². The summed E-state index contributed by atoms with van der Waals surface area (Å²) >= 11 is 0. The Kier molecular flexibility index (Phi) is 4.31. The molecule has 0 radical (unpaired) electrons. The van der Waals surface area contributed by atoms with Gasteiger partial charge in [0, 0.05) is 32.1 Å². The van der Waals surface area contributed by atoms with Gasteiger partial charge in [0.05, 0.1) is 0 Å². The average Bonchev–Trinajstić information content (AvgIpc) is 2.87. The number of carbonyl (C=O) groups is 1. The molecule has 0 bridgehead atoms. The zero-order valence-corrected chi connectivity index (χ0v) is 12.0. The highest BCUT2D eigenvalue weighted by Gasteiger charge is 2.28. The monoisotopic (exact) mass is 280 g/mol. The van der Waals surface area contributed by atoms with Crippen LogP contribution in [0.5, 0.6) is 0 Å². The lowest BCUT2D eigenvalue weighted by Gasteiger charge is -2.17. The van der Waals surface area contributed by atoms with Crippen molar-refractivity contribution in [2.45, 2.75) is 25.6 Å². The lowest BCUT2D eigenvalue weighted by atomic mass is 10.2. The van der Waals surface area contributed by atoms with Crippen molar-refractivity contribution in [3.63, 3.8) is 0 Å². The van der Waals surface area contributed by atoms with E-state index in [1.165, 1.54) is 11.1 Å². The Morgan fingerprint density at radius 3 is 2.24 bits per heavy atom. The molecule has 0 aliphatic carbocycles. The van der Waals surface area contributed by atoms with Crippen LogP contribution >= 0.6 is 0 Å². The number of carbonyl (C=O) groups excluding carboxylic acids is 1. The first-order valence-corrected chi connectivity index (χ1v) is 7.40. The van der Waals surface area contributed by atoms with Gasteiger partial charge >= 0.3 is 0 Å². The zero-order valence-electron chi connectivity index (χ0n) is 12.0. The lowest BCUT2D eigenvalue weighted by molar-refractivity contribution is -0.128. The van der Waals surface area contributed by atoms with E-state index in [1.54, 1.807) is 0 Å². The Hall–Kier alpha value is -2.13. The zero-order chi connectivity index (χ0) is 14.5. The molecule has 1 saturated heterocycles. The summed E-state index contributed by atoms with van der Waals surface area (Å²) < 4.78 is 0. The molecule has 108 valence electrons. The van der Waals surface area contributed by atoms with Gasteiger partial charge in [-0.1, -0.05) is 60.7 Å². The van der Waals surface area contributed by atoms with Crippen LogP contribution in [-0.4, -0.2) is 23.4 Å². The van der Waals surface area contributed by atoms with E-state index in [9.17, 15) is 4.79 Å². The first-order valence-electron chi connectivity index (χ1n) is 7.40. The summed E-state index contributed by atoms with van der Waals surface area (Å²) in [5.74, 6) is 0.240. The molecule has 0 spiro atoms. The topological polar surface area (TPSA) is 32.3 Å². The normalized spacial score (nSPS) is 18.2. The van der Waals surface area contributed by atoms with Gasteiger partial charge in [-0.2, -0.15) is 0 Å². The lowest BCUT2D eigenvalue weighted by Crippen LogP contribution is -2.32. The van der Waals surface area contributed by atoms with E-state index in [4.69, 9.17) is 0 Å². The maximum Gasteiger partial charge on any atom is 0.224 e. The summed E-state index contributed by atoms with van der Waals surface area (Å²) in [7, 11) is 0. The molecule has 1 amide bonds. The van der Waals surface area contributed by atoms with Gasteiger partial charge in [-0.3, -0.25) is 4.79 Å². The predicted molar refractivity (Wildman–Crippen MR) is 83.5 cm³/mol. The van der Waals surface area contributed by atoms with Gasteiger partial charge in [0.1, 0.15) is 0 Å². The minimum Gasteiger partial charge on any atom is -0.337 e. The number of nitrogens with zero attached hydrogens (tertiary/aromatic N) is 1. The Balaban J connectivity index is 1.53. The van der Waals surface area contributed by atoms with Crippen LogP contribution in [0, 0.1) is 0 Å². The number of benzene rings is 2. The smallest absolute Gasteiger partial charge is 0.224 e. The van der Waals surface area contributed by atoms with Crippen molar-refractivity contribution in [3.8, 4) is 0 Å². The minimum absolute atomic E-state index is 0.240.